The number of aromatic nitrogens is 2. The summed E-state index contributed by atoms with van der Waals surface area (Å²) in [5.74, 6) is 1.54. The molecule has 0 aliphatic carbocycles. The van der Waals surface area contributed by atoms with Gasteiger partial charge in [-0.15, -0.1) is 11.8 Å². The quantitative estimate of drug-likeness (QED) is 0.462. The summed E-state index contributed by atoms with van der Waals surface area (Å²) in [6.45, 7) is 4.63. The van der Waals surface area contributed by atoms with Gasteiger partial charge in [-0.2, -0.15) is 4.98 Å². The number of nitrogens with zero attached hydrogens (tertiary/aromatic N) is 3. The van der Waals surface area contributed by atoms with E-state index >= 15 is 0 Å². The number of benzene rings is 2. The molecule has 3 aromatic rings. The van der Waals surface area contributed by atoms with Crippen LogP contribution < -0.4 is 20.7 Å². The third-order valence-electron chi connectivity index (χ3n) is 5.02. The van der Waals surface area contributed by atoms with Gasteiger partial charge in [-0.1, -0.05) is 6.92 Å². The largest absolute Gasteiger partial charge is 0.340 e. The topological polar surface area (TPSA) is 130 Å². The molecule has 1 aliphatic heterocycles. The van der Waals surface area contributed by atoms with Crippen molar-refractivity contribution in [2.24, 2.45) is 5.14 Å². The molecule has 0 saturated carbocycles. The van der Waals surface area contributed by atoms with Gasteiger partial charge in [-0.25, -0.2) is 18.5 Å². The van der Waals surface area contributed by atoms with Crippen LogP contribution in [0.25, 0.3) is 0 Å². The highest BCUT2D eigenvalue weighted by molar-refractivity contribution is 8.00. The normalized spacial score (nSPS) is 13.5. The van der Waals surface area contributed by atoms with E-state index in [0.29, 0.717) is 29.8 Å². The zero-order valence-electron chi connectivity index (χ0n) is 18.2. The smallest absolute Gasteiger partial charge is 0.238 e. The lowest BCUT2D eigenvalue weighted by atomic mass is 10.2. The van der Waals surface area contributed by atoms with Gasteiger partial charge in [0.15, 0.2) is 0 Å². The standard InChI is InChI=1S/C22H24N6O3S2/c1-3-10-28-18-11-16(6-9-19(18)32-13-20(28)29)25-21-14(2)12-24-22(27-21)26-15-4-7-17(8-5-15)33(23,30)31/h4-9,11-12H,3,10,13H2,1-2H3,(H2,23,30,31)(H2,24,25,26,27). The van der Waals surface area contributed by atoms with Crippen LogP contribution in [0.1, 0.15) is 18.9 Å². The first-order chi connectivity index (χ1) is 15.7. The highest BCUT2D eigenvalue weighted by Crippen LogP contribution is 2.38. The number of primary sulfonamides is 1. The number of anilines is 5. The Bertz CT molecular complexity index is 1300. The summed E-state index contributed by atoms with van der Waals surface area (Å²) in [6.07, 6.45) is 2.57. The summed E-state index contributed by atoms with van der Waals surface area (Å²) < 4.78 is 22.8. The summed E-state index contributed by atoms with van der Waals surface area (Å²) >= 11 is 1.55. The minimum Gasteiger partial charge on any atom is -0.340 e. The number of nitrogens with one attached hydrogen (secondary N) is 2. The number of sulfonamides is 1. The third-order valence-corrected chi connectivity index (χ3v) is 7.00. The maximum atomic E-state index is 12.4. The van der Waals surface area contributed by atoms with Crippen LogP contribution in [0.3, 0.4) is 0 Å². The number of carbonyl (C=O) groups excluding carboxylic acids is 1. The molecule has 33 heavy (non-hydrogen) atoms. The Morgan fingerprint density at radius 1 is 1.12 bits per heavy atom. The van der Waals surface area contributed by atoms with Crippen LogP contribution in [0.4, 0.5) is 28.8 Å². The van der Waals surface area contributed by atoms with Crippen LogP contribution in [0.2, 0.25) is 0 Å². The van der Waals surface area contributed by atoms with Gasteiger partial charge in [0.2, 0.25) is 21.9 Å². The molecule has 1 amide bonds. The summed E-state index contributed by atoms with van der Waals surface area (Å²) in [5.41, 5.74) is 3.19. The SMILES string of the molecule is CCCN1C(=O)CSc2ccc(Nc3nc(Nc4ccc(S(N)(=O)=O)cc4)ncc3C)cc21. The van der Waals surface area contributed by atoms with E-state index in [1.165, 1.54) is 12.1 Å². The van der Waals surface area contributed by atoms with Crippen molar-refractivity contribution in [1.29, 1.82) is 0 Å². The van der Waals surface area contributed by atoms with Crippen LogP contribution in [0.15, 0.2) is 58.5 Å². The Morgan fingerprint density at radius 3 is 2.55 bits per heavy atom. The second-order valence-electron chi connectivity index (χ2n) is 7.56. The number of carbonyl (C=O) groups is 1. The van der Waals surface area contributed by atoms with Gasteiger partial charge in [0.1, 0.15) is 5.82 Å². The number of hydrogen-bond acceptors (Lipinski definition) is 8. The molecular formula is C22H24N6O3S2. The summed E-state index contributed by atoms with van der Waals surface area (Å²) in [6, 6.07) is 12.0. The maximum Gasteiger partial charge on any atom is 0.238 e. The molecule has 0 radical (unpaired) electrons. The Morgan fingerprint density at radius 2 is 1.85 bits per heavy atom. The van der Waals surface area contributed by atoms with Gasteiger partial charge in [0.25, 0.3) is 0 Å². The fourth-order valence-corrected chi connectivity index (χ4v) is 4.80. The Hall–Kier alpha value is -3.15. The van der Waals surface area contributed by atoms with Crippen molar-refractivity contribution < 1.29 is 13.2 Å². The van der Waals surface area contributed by atoms with E-state index in [1.807, 2.05) is 30.0 Å². The van der Waals surface area contributed by atoms with Crippen molar-refractivity contribution >= 4 is 56.5 Å². The number of rotatable bonds is 7. The molecule has 0 atom stereocenters. The van der Waals surface area contributed by atoms with Crippen LogP contribution in [-0.2, 0) is 14.8 Å². The number of aryl methyl sites for hydroxylation is 1. The number of hydrogen-bond donors (Lipinski definition) is 3. The van der Waals surface area contributed by atoms with Gasteiger partial charge < -0.3 is 15.5 Å². The van der Waals surface area contributed by atoms with Crippen LogP contribution in [-0.4, -0.2) is 36.6 Å². The molecule has 2 aromatic carbocycles. The molecule has 1 aromatic heterocycles. The summed E-state index contributed by atoms with van der Waals surface area (Å²) in [5, 5.41) is 11.5. The molecule has 2 heterocycles. The first kappa shape index (κ1) is 23.0. The molecule has 0 unspecified atom stereocenters. The van der Waals surface area contributed by atoms with Gasteiger partial charge >= 0.3 is 0 Å². The average molecular weight is 485 g/mol. The Kier molecular flexibility index (Phi) is 6.54. The zero-order valence-corrected chi connectivity index (χ0v) is 19.8. The van der Waals surface area contributed by atoms with Crippen LogP contribution >= 0.6 is 11.8 Å². The van der Waals surface area contributed by atoms with Crippen molar-refractivity contribution in [1.82, 2.24) is 9.97 Å². The second-order valence-corrected chi connectivity index (χ2v) is 10.1. The van der Waals surface area contributed by atoms with E-state index in [2.05, 4.69) is 27.5 Å². The summed E-state index contributed by atoms with van der Waals surface area (Å²) in [4.78, 5) is 24.2. The first-order valence-corrected chi connectivity index (χ1v) is 12.9. The molecule has 0 saturated heterocycles. The number of thioether (sulfide) groups is 1. The molecule has 0 fully saturated rings. The van der Waals surface area contributed by atoms with Gasteiger partial charge in [-0.3, -0.25) is 4.79 Å². The average Bonchev–Trinajstić information content (AvgIpc) is 2.78. The molecular weight excluding hydrogens is 460 g/mol. The van der Waals surface area contributed by atoms with E-state index in [1.54, 1.807) is 30.1 Å². The second kappa shape index (κ2) is 9.38. The minimum atomic E-state index is -3.75. The highest BCUT2D eigenvalue weighted by atomic mass is 32.2. The van der Waals surface area contributed by atoms with Crippen LogP contribution in [0.5, 0.6) is 0 Å². The fourth-order valence-electron chi connectivity index (χ4n) is 3.37. The van der Waals surface area contributed by atoms with Crippen molar-refractivity contribution in [2.75, 3.05) is 27.8 Å². The Labute approximate surface area is 196 Å². The third kappa shape index (κ3) is 5.27. The zero-order chi connectivity index (χ0) is 23.6. The monoisotopic (exact) mass is 484 g/mol. The number of amides is 1. The molecule has 11 heteroatoms. The molecule has 1 aliphatic rings. The van der Waals surface area contributed by atoms with E-state index < -0.39 is 10.0 Å². The lowest BCUT2D eigenvalue weighted by molar-refractivity contribution is -0.116. The van der Waals surface area contributed by atoms with Crippen molar-refractivity contribution in [3.63, 3.8) is 0 Å². The van der Waals surface area contributed by atoms with Gasteiger partial charge in [0.05, 0.1) is 16.3 Å². The maximum absolute atomic E-state index is 12.4. The predicted octanol–water partition coefficient (Wildman–Crippen LogP) is 3.77. The van der Waals surface area contributed by atoms with E-state index in [0.717, 1.165) is 28.3 Å². The lowest BCUT2D eigenvalue weighted by Gasteiger charge is -2.29. The molecule has 0 spiro atoms. The number of fused-ring (bicyclic) bond motifs is 1. The molecule has 4 N–H and O–H groups in total. The van der Waals surface area contributed by atoms with Crippen molar-refractivity contribution in [3.05, 3.63) is 54.2 Å². The molecule has 9 nitrogen and oxygen atoms in total. The molecule has 4 rings (SSSR count). The fraction of sp³-hybridized carbons (Fsp3) is 0.227. The highest BCUT2D eigenvalue weighted by Gasteiger charge is 2.24. The van der Waals surface area contributed by atoms with Gasteiger partial charge in [0, 0.05) is 34.6 Å². The van der Waals surface area contributed by atoms with E-state index in [9.17, 15) is 13.2 Å². The summed E-state index contributed by atoms with van der Waals surface area (Å²) in [7, 11) is -3.75. The predicted molar refractivity (Wildman–Crippen MR) is 131 cm³/mol. The van der Waals surface area contributed by atoms with Crippen molar-refractivity contribution in [2.45, 2.75) is 30.1 Å². The van der Waals surface area contributed by atoms with Crippen LogP contribution in [0, 0.1) is 6.92 Å². The van der Waals surface area contributed by atoms with Gasteiger partial charge in [-0.05, 0) is 55.8 Å². The molecule has 0 bridgehead atoms. The Balaban J connectivity index is 1.56. The molecule has 172 valence electrons. The minimum absolute atomic E-state index is 0.0291. The van der Waals surface area contributed by atoms with E-state index in [4.69, 9.17) is 5.14 Å². The first-order valence-electron chi connectivity index (χ1n) is 10.3. The van der Waals surface area contributed by atoms with Crippen molar-refractivity contribution in [3.8, 4) is 0 Å². The number of nitrogens with two attached hydrogens (primary N) is 1. The van der Waals surface area contributed by atoms with E-state index in [-0.39, 0.29) is 10.8 Å². The lowest BCUT2D eigenvalue weighted by Crippen LogP contribution is -2.35.